The Labute approximate surface area is 163 Å². The van der Waals surface area contributed by atoms with Crippen LogP contribution in [0.25, 0.3) is 0 Å². The van der Waals surface area contributed by atoms with E-state index in [1.165, 1.54) is 6.42 Å². The molecule has 0 radical (unpaired) electrons. The molecule has 2 heterocycles. The molecule has 6 nitrogen and oxygen atoms in total. The molecular weight excluding hydrogens is 362 g/mol. The maximum absolute atomic E-state index is 12.9. The van der Waals surface area contributed by atoms with Crippen molar-refractivity contribution in [3.8, 4) is 0 Å². The number of nitrogens with zero attached hydrogens (tertiary/aromatic N) is 3. The fourth-order valence-electron chi connectivity index (χ4n) is 4.13. The van der Waals surface area contributed by atoms with E-state index in [-0.39, 0.29) is 11.8 Å². The minimum atomic E-state index is -3.48. The minimum Gasteiger partial charge on any atom is -0.278 e. The molecule has 2 aliphatic rings. The average Bonchev–Trinajstić information content (AvgIpc) is 2.68. The number of sulfonamides is 1. The molecule has 2 saturated heterocycles. The van der Waals surface area contributed by atoms with Gasteiger partial charge in [-0.15, -0.1) is 0 Å². The van der Waals surface area contributed by atoms with Gasteiger partial charge >= 0.3 is 0 Å². The summed E-state index contributed by atoms with van der Waals surface area (Å²) in [6.45, 7) is 5.01. The Kier molecular flexibility index (Phi) is 6.55. The number of rotatable bonds is 5. The third-order valence-electron chi connectivity index (χ3n) is 5.75. The molecule has 1 aromatic rings. The molecule has 0 saturated carbocycles. The van der Waals surface area contributed by atoms with Crippen LogP contribution in [0.5, 0.6) is 0 Å². The van der Waals surface area contributed by atoms with Crippen molar-refractivity contribution in [2.75, 3.05) is 33.2 Å². The van der Waals surface area contributed by atoms with Crippen molar-refractivity contribution in [3.63, 3.8) is 0 Å². The van der Waals surface area contributed by atoms with E-state index in [0.717, 1.165) is 32.4 Å². The van der Waals surface area contributed by atoms with E-state index in [1.807, 2.05) is 13.1 Å². The number of carbonyl (C=O) groups is 1. The predicted molar refractivity (Wildman–Crippen MR) is 105 cm³/mol. The lowest BCUT2D eigenvalue weighted by molar-refractivity contribution is -0.149. The molecule has 2 fully saturated rings. The zero-order valence-corrected chi connectivity index (χ0v) is 17.2. The first-order chi connectivity index (χ1) is 12.9. The minimum absolute atomic E-state index is 0.0781. The van der Waals surface area contributed by atoms with Crippen LogP contribution in [0.2, 0.25) is 0 Å². The van der Waals surface area contributed by atoms with Crippen molar-refractivity contribution in [3.05, 3.63) is 30.3 Å². The second kappa shape index (κ2) is 8.71. The van der Waals surface area contributed by atoms with Crippen LogP contribution in [-0.4, -0.2) is 61.9 Å². The predicted octanol–water partition coefficient (Wildman–Crippen LogP) is 2.58. The van der Waals surface area contributed by atoms with E-state index in [9.17, 15) is 13.2 Å². The fraction of sp³-hybridized carbons (Fsp3) is 0.650. The monoisotopic (exact) mass is 393 g/mol. The molecule has 0 aliphatic carbocycles. The van der Waals surface area contributed by atoms with Gasteiger partial charge in [0.1, 0.15) is 0 Å². The SMILES string of the molecule is CC1CCCN(N(C)C(=O)CC2CCCN(S(=O)(=O)c3ccccc3)C2)C1. The number of hydrazine groups is 1. The Morgan fingerprint density at radius 3 is 2.52 bits per heavy atom. The van der Waals surface area contributed by atoms with Crippen LogP contribution in [-0.2, 0) is 14.8 Å². The normalized spacial score (nSPS) is 25.3. The van der Waals surface area contributed by atoms with Crippen molar-refractivity contribution in [2.24, 2.45) is 11.8 Å². The zero-order valence-electron chi connectivity index (χ0n) is 16.4. The first kappa shape index (κ1) is 20.3. The molecular formula is C20H31N3O3S. The molecule has 1 amide bonds. The second-order valence-corrected chi connectivity index (χ2v) is 9.90. The smallest absolute Gasteiger partial charge is 0.243 e. The van der Waals surface area contributed by atoms with Gasteiger partial charge in [-0.2, -0.15) is 4.31 Å². The average molecular weight is 394 g/mol. The number of piperidine rings is 2. The molecule has 0 bridgehead atoms. The molecule has 0 N–H and O–H groups in total. The molecule has 27 heavy (non-hydrogen) atoms. The largest absolute Gasteiger partial charge is 0.278 e. The van der Waals surface area contributed by atoms with Crippen LogP contribution < -0.4 is 0 Å². The summed E-state index contributed by atoms with van der Waals surface area (Å²) in [5.41, 5.74) is 0. The van der Waals surface area contributed by atoms with Gasteiger partial charge in [-0.25, -0.2) is 13.4 Å². The van der Waals surface area contributed by atoms with E-state index in [1.54, 1.807) is 33.6 Å². The Morgan fingerprint density at radius 2 is 1.81 bits per heavy atom. The number of benzene rings is 1. The Bertz CT molecular complexity index is 738. The van der Waals surface area contributed by atoms with Crippen LogP contribution in [0.15, 0.2) is 35.2 Å². The van der Waals surface area contributed by atoms with E-state index in [4.69, 9.17) is 0 Å². The van der Waals surface area contributed by atoms with Gasteiger partial charge < -0.3 is 0 Å². The van der Waals surface area contributed by atoms with E-state index in [0.29, 0.717) is 30.3 Å². The standard InChI is InChI=1S/C20H31N3O3S/c1-17-8-6-12-22(15-17)21(2)20(24)14-18-9-7-13-23(16-18)27(25,26)19-10-4-3-5-11-19/h3-5,10-11,17-18H,6-9,12-16H2,1-2H3. The highest BCUT2D eigenvalue weighted by molar-refractivity contribution is 7.89. The van der Waals surface area contributed by atoms with Crippen LogP contribution in [0, 0.1) is 11.8 Å². The number of amides is 1. The van der Waals surface area contributed by atoms with Gasteiger partial charge in [-0.3, -0.25) is 9.80 Å². The third kappa shape index (κ3) is 4.89. The highest BCUT2D eigenvalue weighted by Gasteiger charge is 2.32. The summed E-state index contributed by atoms with van der Waals surface area (Å²) in [5, 5.41) is 3.90. The van der Waals surface area contributed by atoms with Gasteiger partial charge in [0.2, 0.25) is 15.9 Å². The molecule has 0 aromatic heterocycles. The molecule has 2 unspecified atom stereocenters. The molecule has 7 heteroatoms. The van der Waals surface area contributed by atoms with Gasteiger partial charge in [0.05, 0.1) is 4.90 Å². The summed E-state index contributed by atoms with van der Waals surface area (Å²) in [7, 11) is -1.63. The Hall–Kier alpha value is -1.44. The maximum atomic E-state index is 12.9. The Balaban J connectivity index is 1.60. The summed E-state index contributed by atoms with van der Waals surface area (Å²) in [6.07, 6.45) is 4.44. The molecule has 3 rings (SSSR count). The molecule has 150 valence electrons. The van der Waals surface area contributed by atoms with E-state index in [2.05, 4.69) is 11.9 Å². The van der Waals surface area contributed by atoms with Gasteiger partial charge in [0.15, 0.2) is 0 Å². The van der Waals surface area contributed by atoms with Crippen molar-refractivity contribution in [1.82, 2.24) is 14.3 Å². The second-order valence-electron chi connectivity index (χ2n) is 7.97. The summed E-state index contributed by atoms with van der Waals surface area (Å²) in [6, 6.07) is 8.57. The van der Waals surface area contributed by atoms with Crippen molar-refractivity contribution >= 4 is 15.9 Å². The molecule has 2 aliphatic heterocycles. The zero-order chi connectivity index (χ0) is 19.4. The van der Waals surface area contributed by atoms with E-state index < -0.39 is 10.0 Å². The molecule has 0 spiro atoms. The summed E-state index contributed by atoms with van der Waals surface area (Å²) >= 11 is 0. The summed E-state index contributed by atoms with van der Waals surface area (Å²) in [5.74, 6) is 0.776. The van der Waals surface area contributed by atoms with Crippen LogP contribution in [0.4, 0.5) is 0 Å². The lowest BCUT2D eigenvalue weighted by Gasteiger charge is -2.38. The van der Waals surface area contributed by atoms with Gasteiger partial charge in [0, 0.05) is 39.6 Å². The van der Waals surface area contributed by atoms with Crippen LogP contribution in [0.3, 0.4) is 0 Å². The van der Waals surface area contributed by atoms with Crippen LogP contribution in [0.1, 0.15) is 39.0 Å². The highest BCUT2D eigenvalue weighted by Crippen LogP contribution is 2.26. The van der Waals surface area contributed by atoms with Gasteiger partial charge in [0.25, 0.3) is 0 Å². The number of hydrogen-bond donors (Lipinski definition) is 0. The number of carbonyl (C=O) groups excluding carboxylic acids is 1. The first-order valence-corrected chi connectivity index (χ1v) is 11.4. The van der Waals surface area contributed by atoms with E-state index >= 15 is 0 Å². The highest BCUT2D eigenvalue weighted by atomic mass is 32.2. The van der Waals surface area contributed by atoms with Gasteiger partial charge in [-0.1, -0.05) is 25.1 Å². The van der Waals surface area contributed by atoms with Crippen molar-refractivity contribution in [2.45, 2.75) is 43.9 Å². The van der Waals surface area contributed by atoms with Crippen molar-refractivity contribution < 1.29 is 13.2 Å². The molecule has 2 atom stereocenters. The summed E-state index contributed by atoms with van der Waals surface area (Å²) in [4.78, 5) is 13.1. The topological polar surface area (TPSA) is 60.9 Å². The maximum Gasteiger partial charge on any atom is 0.243 e. The van der Waals surface area contributed by atoms with Crippen molar-refractivity contribution in [1.29, 1.82) is 0 Å². The quantitative estimate of drug-likeness (QED) is 0.771. The lowest BCUT2D eigenvalue weighted by Crippen LogP contribution is -2.49. The molecule has 1 aromatic carbocycles. The third-order valence-corrected chi connectivity index (χ3v) is 7.63. The summed E-state index contributed by atoms with van der Waals surface area (Å²) < 4.78 is 27.3. The number of hydrogen-bond acceptors (Lipinski definition) is 4. The first-order valence-electron chi connectivity index (χ1n) is 9.94. The van der Waals surface area contributed by atoms with Crippen LogP contribution >= 0.6 is 0 Å². The fourth-order valence-corrected chi connectivity index (χ4v) is 5.70. The lowest BCUT2D eigenvalue weighted by atomic mass is 9.95. The Morgan fingerprint density at radius 1 is 1.11 bits per heavy atom. The van der Waals surface area contributed by atoms with Gasteiger partial charge in [-0.05, 0) is 49.7 Å².